The van der Waals surface area contributed by atoms with E-state index in [9.17, 15) is 8.42 Å². The van der Waals surface area contributed by atoms with Crippen LogP contribution in [0.2, 0.25) is 0 Å². The van der Waals surface area contributed by atoms with Gasteiger partial charge in [-0.3, -0.25) is 4.99 Å². The number of thiophene rings is 1. The monoisotopic (exact) mass is 431 g/mol. The van der Waals surface area contributed by atoms with Crippen LogP contribution in [-0.2, 0) is 10.0 Å². The maximum atomic E-state index is 12.5. The van der Waals surface area contributed by atoms with Crippen LogP contribution in [0.4, 0.5) is 5.00 Å². The van der Waals surface area contributed by atoms with E-state index in [2.05, 4.69) is 37.6 Å². The van der Waals surface area contributed by atoms with Crippen molar-refractivity contribution in [3.05, 3.63) is 17.5 Å². The number of rotatable bonds is 6. The third kappa shape index (κ3) is 5.75. The molecule has 7 nitrogen and oxygen atoms in total. The highest BCUT2D eigenvalue weighted by Gasteiger charge is 2.24. The number of thioether (sulfide) groups is 1. The van der Waals surface area contributed by atoms with Crippen molar-refractivity contribution in [2.45, 2.75) is 6.92 Å². The van der Waals surface area contributed by atoms with Gasteiger partial charge in [-0.25, -0.2) is 12.7 Å². The van der Waals surface area contributed by atoms with Crippen molar-refractivity contribution in [1.29, 1.82) is 0 Å². The predicted molar refractivity (Wildman–Crippen MR) is 117 cm³/mol. The minimum absolute atomic E-state index is 0.0850. The summed E-state index contributed by atoms with van der Waals surface area (Å²) in [7, 11) is -3.20. The quantitative estimate of drug-likeness (QED) is 0.540. The Morgan fingerprint density at radius 2 is 1.93 bits per heavy atom. The Balaban J connectivity index is 1.53. The molecule has 2 aliphatic rings. The van der Waals surface area contributed by atoms with Gasteiger partial charge in [0.15, 0.2) is 5.96 Å². The summed E-state index contributed by atoms with van der Waals surface area (Å²) in [5.41, 5.74) is 0. The van der Waals surface area contributed by atoms with E-state index in [1.54, 1.807) is 15.6 Å². The molecule has 0 atom stereocenters. The van der Waals surface area contributed by atoms with Gasteiger partial charge in [-0.2, -0.15) is 11.8 Å². The molecule has 0 unspecified atom stereocenters. The molecule has 0 radical (unpaired) electrons. The van der Waals surface area contributed by atoms with Crippen molar-refractivity contribution >= 4 is 44.1 Å². The molecule has 0 aromatic carbocycles. The number of hydrogen-bond acceptors (Lipinski definition) is 6. The Morgan fingerprint density at radius 1 is 1.19 bits per heavy atom. The fourth-order valence-electron chi connectivity index (χ4n) is 3.24. The average molecular weight is 432 g/mol. The molecule has 0 spiro atoms. The minimum Gasteiger partial charge on any atom is -0.360 e. The lowest BCUT2D eigenvalue weighted by Crippen LogP contribution is -2.52. The lowest BCUT2D eigenvalue weighted by atomic mass is 10.3. The van der Waals surface area contributed by atoms with E-state index in [4.69, 9.17) is 0 Å². The molecule has 1 aromatic heterocycles. The van der Waals surface area contributed by atoms with Crippen LogP contribution in [0.5, 0.6) is 0 Å². The summed E-state index contributed by atoms with van der Waals surface area (Å²) in [5.74, 6) is 2.69. The smallest absolute Gasteiger partial charge is 0.215 e. The maximum absolute atomic E-state index is 12.5. The summed E-state index contributed by atoms with van der Waals surface area (Å²) in [6, 6.07) is 4.24. The molecule has 2 fully saturated rings. The highest BCUT2D eigenvalue weighted by atomic mass is 32.2. The van der Waals surface area contributed by atoms with Crippen LogP contribution in [0, 0.1) is 0 Å². The third-order valence-corrected chi connectivity index (χ3v) is 8.43. The zero-order valence-corrected chi connectivity index (χ0v) is 18.3. The zero-order valence-electron chi connectivity index (χ0n) is 15.8. The Kier molecular flexibility index (Phi) is 7.68. The fourth-order valence-corrected chi connectivity index (χ4v) is 6.47. The first-order valence-corrected chi connectivity index (χ1v) is 13.1. The molecular weight excluding hydrogens is 402 g/mol. The Hall–Kier alpha value is -0.970. The molecule has 3 heterocycles. The maximum Gasteiger partial charge on any atom is 0.215 e. The fraction of sp³-hybridized carbons (Fsp3) is 0.706. The lowest BCUT2D eigenvalue weighted by Gasteiger charge is -2.37. The van der Waals surface area contributed by atoms with Crippen molar-refractivity contribution in [3.63, 3.8) is 0 Å². The standard InChI is InChI=1S/C17H29N5O2S3/c1-2-18-17(19-5-15-27(23,24)22-10-13-25-14-11-22)21-8-6-20(7-9-21)16-4-3-12-26-16/h3-4,12H,2,5-11,13-15H2,1H3,(H,18,19). The van der Waals surface area contributed by atoms with Crippen molar-refractivity contribution in [1.82, 2.24) is 14.5 Å². The van der Waals surface area contributed by atoms with Gasteiger partial charge in [-0.05, 0) is 24.4 Å². The minimum atomic E-state index is -3.20. The van der Waals surface area contributed by atoms with Crippen LogP contribution in [0.3, 0.4) is 0 Å². The van der Waals surface area contributed by atoms with Crippen molar-refractivity contribution in [2.24, 2.45) is 4.99 Å². The third-order valence-electron chi connectivity index (χ3n) is 4.71. The Bertz CT molecular complexity index is 694. The first kappa shape index (κ1) is 20.8. The van der Waals surface area contributed by atoms with Crippen molar-refractivity contribution in [3.8, 4) is 0 Å². The lowest BCUT2D eigenvalue weighted by molar-refractivity contribution is 0.373. The van der Waals surface area contributed by atoms with Crippen LogP contribution in [-0.4, -0.2) is 93.2 Å². The number of nitrogens with zero attached hydrogens (tertiary/aromatic N) is 4. The van der Waals surface area contributed by atoms with Gasteiger partial charge in [-0.15, -0.1) is 11.3 Å². The van der Waals surface area contributed by atoms with Gasteiger partial charge >= 0.3 is 0 Å². The second-order valence-corrected chi connectivity index (χ2v) is 10.7. The summed E-state index contributed by atoms with van der Waals surface area (Å²) in [6.45, 7) is 8.06. The normalized spacial score (nSPS) is 20.1. The van der Waals surface area contributed by atoms with Crippen molar-refractivity contribution < 1.29 is 8.42 Å². The van der Waals surface area contributed by atoms with Crippen molar-refractivity contribution in [2.75, 3.05) is 74.5 Å². The predicted octanol–water partition coefficient (Wildman–Crippen LogP) is 1.21. The van der Waals surface area contributed by atoms with Gasteiger partial charge in [0.1, 0.15) is 0 Å². The Labute approximate surface area is 170 Å². The van der Waals surface area contributed by atoms with Crippen LogP contribution in [0.15, 0.2) is 22.5 Å². The van der Waals surface area contributed by atoms with Gasteiger partial charge in [0.25, 0.3) is 0 Å². The summed E-state index contributed by atoms with van der Waals surface area (Å²) >= 11 is 3.58. The molecule has 3 rings (SSSR count). The Morgan fingerprint density at radius 3 is 2.56 bits per heavy atom. The topological polar surface area (TPSA) is 68.2 Å². The van der Waals surface area contributed by atoms with Crippen LogP contribution < -0.4 is 10.2 Å². The molecule has 2 aliphatic heterocycles. The number of piperazine rings is 1. The molecule has 152 valence electrons. The second-order valence-electron chi connectivity index (χ2n) is 6.49. The van der Waals surface area contributed by atoms with E-state index in [-0.39, 0.29) is 5.75 Å². The number of guanidine groups is 1. The van der Waals surface area contributed by atoms with Crippen LogP contribution >= 0.6 is 23.1 Å². The first-order chi connectivity index (χ1) is 13.1. The van der Waals surface area contributed by atoms with Gasteiger partial charge in [0, 0.05) is 57.3 Å². The van der Waals surface area contributed by atoms with Gasteiger partial charge in [0.05, 0.1) is 17.3 Å². The van der Waals surface area contributed by atoms with E-state index in [0.717, 1.165) is 50.2 Å². The number of sulfonamides is 1. The van der Waals surface area contributed by atoms with Gasteiger partial charge < -0.3 is 15.1 Å². The highest BCUT2D eigenvalue weighted by molar-refractivity contribution is 7.99. The molecule has 0 aliphatic carbocycles. The summed E-state index contributed by atoms with van der Waals surface area (Å²) in [6.07, 6.45) is 0. The van der Waals surface area contributed by atoms with E-state index < -0.39 is 10.0 Å². The van der Waals surface area contributed by atoms with Gasteiger partial charge in [-0.1, -0.05) is 0 Å². The molecule has 0 bridgehead atoms. The number of anilines is 1. The van der Waals surface area contributed by atoms with E-state index in [1.165, 1.54) is 5.00 Å². The largest absolute Gasteiger partial charge is 0.360 e. The van der Waals surface area contributed by atoms with E-state index >= 15 is 0 Å². The summed E-state index contributed by atoms with van der Waals surface area (Å²) in [5, 5.41) is 6.73. The molecule has 1 aromatic rings. The molecule has 2 saturated heterocycles. The number of nitrogens with one attached hydrogen (secondary N) is 1. The molecule has 10 heteroatoms. The highest BCUT2D eigenvalue weighted by Crippen LogP contribution is 2.22. The summed E-state index contributed by atoms with van der Waals surface area (Å²) in [4.78, 5) is 9.24. The first-order valence-electron chi connectivity index (χ1n) is 9.47. The molecule has 1 N–H and O–H groups in total. The number of aliphatic imine (C=N–C) groups is 1. The number of hydrogen-bond donors (Lipinski definition) is 1. The molecule has 27 heavy (non-hydrogen) atoms. The van der Waals surface area contributed by atoms with Crippen LogP contribution in [0.1, 0.15) is 6.92 Å². The average Bonchev–Trinajstić information content (AvgIpc) is 3.23. The molecular formula is C17H29N5O2S3. The molecule has 0 amide bonds. The molecule has 0 saturated carbocycles. The van der Waals surface area contributed by atoms with Crippen LogP contribution in [0.25, 0.3) is 0 Å². The SMILES string of the molecule is CCNC(=NCCS(=O)(=O)N1CCSCC1)N1CCN(c2cccs2)CC1. The van der Waals surface area contributed by atoms with E-state index in [0.29, 0.717) is 19.6 Å². The van der Waals surface area contributed by atoms with Gasteiger partial charge in [0.2, 0.25) is 10.0 Å². The summed E-state index contributed by atoms with van der Waals surface area (Å²) < 4.78 is 26.6. The second kappa shape index (κ2) is 9.99. The van der Waals surface area contributed by atoms with E-state index in [1.807, 2.05) is 18.7 Å². The zero-order chi connectivity index (χ0) is 19.1.